The Balaban J connectivity index is 4.36. The molecule has 0 amide bonds. The van der Waals surface area contributed by atoms with E-state index in [1.807, 2.05) is 0 Å². The van der Waals surface area contributed by atoms with Crippen LogP contribution in [0.5, 0.6) is 0 Å². The molecule has 320 valence electrons. The van der Waals surface area contributed by atoms with Crippen LogP contribution in [-0.4, -0.2) is 75.5 Å². The monoisotopic (exact) mass is 776 g/mol. The second-order valence-corrected chi connectivity index (χ2v) is 16.4. The van der Waals surface area contributed by atoms with Gasteiger partial charge in [-0.3, -0.25) is 9.59 Å². The van der Waals surface area contributed by atoms with Gasteiger partial charge in [0.2, 0.25) is 0 Å². The first kappa shape index (κ1) is 52.6. The lowest BCUT2D eigenvalue weighted by Gasteiger charge is -2.34. The van der Waals surface area contributed by atoms with Crippen molar-refractivity contribution in [2.45, 2.75) is 206 Å². The molecule has 0 saturated heterocycles. The highest BCUT2D eigenvalue weighted by molar-refractivity contribution is 5.70. The van der Waals surface area contributed by atoms with Gasteiger partial charge in [0.1, 0.15) is 12.6 Å². The lowest BCUT2D eigenvalue weighted by Crippen LogP contribution is -2.55. The maximum Gasteiger partial charge on any atom is 0.306 e. The van der Waals surface area contributed by atoms with Crippen LogP contribution in [0.15, 0.2) is 36.5 Å². The number of carboxylic acid groups (broad SMARTS) is 1. The molecule has 0 aliphatic rings. The fourth-order valence-electron chi connectivity index (χ4n) is 6.54. The van der Waals surface area contributed by atoms with Gasteiger partial charge in [0.15, 0.2) is 6.10 Å². The Morgan fingerprint density at radius 3 is 1.40 bits per heavy atom. The van der Waals surface area contributed by atoms with E-state index in [9.17, 15) is 19.5 Å². The van der Waals surface area contributed by atoms with Gasteiger partial charge in [-0.25, -0.2) is 0 Å². The normalized spacial score (nSPS) is 13.3. The van der Waals surface area contributed by atoms with E-state index in [0.717, 1.165) is 64.2 Å². The molecule has 0 aromatic carbocycles. The third-order valence-electron chi connectivity index (χ3n) is 10.1. The second-order valence-electron chi connectivity index (χ2n) is 16.4. The average molecular weight is 776 g/mol. The first-order valence-electron chi connectivity index (χ1n) is 22.5. The molecule has 2 unspecified atom stereocenters. The lowest BCUT2D eigenvalue weighted by molar-refractivity contribution is -0.889. The Kier molecular flexibility index (Phi) is 36.7. The standard InChI is InChI=1S/C47H85NO7/c1-6-8-10-12-14-16-18-20-21-22-23-24-26-27-29-31-33-35-37-45(49)54-42-43(41-53-40-39-44(47(51)52)48(3,4)5)55-46(50)38-36-34-32-30-28-25-19-17-15-13-11-9-7-2/h18,20-24,43-44H,6-17,19,25-42H2,1-5H3/b20-18+,22-21+,24-23+. The molecular formula is C47H85NO7. The number of carbonyl (C=O) groups is 3. The van der Waals surface area contributed by atoms with Gasteiger partial charge >= 0.3 is 11.9 Å². The van der Waals surface area contributed by atoms with Crippen molar-refractivity contribution in [1.82, 2.24) is 0 Å². The highest BCUT2D eigenvalue weighted by atomic mass is 16.6. The molecule has 8 nitrogen and oxygen atoms in total. The predicted molar refractivity (Wildman–Crippen MR) is 227 cm³/mol. The molecule has 0 aromatic heterocycles. The smallest absolute Gasteiger partial charge is 0.306 e. The van der Waals surface area contributed by atoms with Crippen LogP contribution in [0.4, 0.5) is 0 Å². The fraction of sp³-hybridized carbons (Fsp3) is 0.809. The van der Waals surface area contributed by atoms with Crippen molar-refractivity contribution in [3.05, 3.63) is 36.5 Å². The molecule has 0 heterocycles. The fourth-order valence-corrected chi connectivity index (χ4v) is 6.54. The summed E-state index contributed by atoms with van der Waals surface area (Å²) >= 11 is 0. The van der Waals surface area contributed by atoms with E-state index < -0.39 is 18.1 Å². The van der Waals surface area contributed by atoms with Gasteiger partial charge < -0.3 is 28.6 Å². The van der Waals surface area contributed by atoms with Gasteiger partial charge in [0, 0.05) is 19.3 Å². The summed E-state index contributed by atoms with van der Waals surface area (Å²) in [7, 11) is 5.40. The number of ether oxygens (including phenoxy) is 3. The van der Waals surface area contributed by atoms with E-state index in [1.165, 1.54) is 96.3 Å². The summed E-state index contributed by atoms with van der Waals surface area (Å²) in [6, 6.07) is -0.727. The first-order valence-corrected chi connectivity index (χ1v) is 22.5. The number of quaternary nitrogens is 1. The quantitative estimate of drug-likeness (QED) is 0.0264. The minimum absolute atomic E-state index is 0.0364. The Morgan fingerprint density at radius 1 is 0.545 bits per heavy atom. The van der Waals surface area contributed by atoms with Crippen molar-refractivity contribution in [2.24, 2.45) is 0 Å². The number of nitrogens with zero attached hydrogens (tertiary/aromatic N) is 1. The number of carboxylic acids is 1. The second kappa shape index (κ2) is 38.4. The molecule has 2 atom stereocenters. The number of likely N-dealkylation sites (N-methyl/N-ethyl adjacent to an activating group) is 1. The van der Waals surface area contributed by atoms with Crippen LogP contribution < -0.4 is 5.11 Å². The van der Waals surface area contributed by atoms with E-state index in [2.05, 4.69) is 50.3 Å². The van der Waals surface area contributed by atoms with Crippen LogP contribution in [0.1, 0.15) is 194 Å². The molecule has 0 rings (SSSR count). The SMILES string of the molecule is CCCCCCC/C=C/C=C/C=C/CCCCCCCC(=O)OCC(COCCC(C(=O)[O-])[N+](C)(C)C)OC(=O)CCCCCCCCCCCCCCC. The Bertz CT molecular complexity index is 1000. The topological polar surface area (TPSA) is 102 Å². The Hall–Kier alpha value is -2.45. The van der Waals surface area contributed by atoms with Crippen LogP contribution in [-0.2, 0) is 28.6 Å². The number of hydrogen-bond donors (Lipinski definition) is 0. The summed E-state index contributed by atoms with van der Waals surface area (Å²) in [6.45, 7) is 4.63. The van der Waals surface area contributed by atoms with Crippen molar-refractivity contribution in [1.29, 1.82) is 0 Å². The molecule has 55 heavy (non-hydrogen) atoms. The first-order chi connectivity index (χ1) is 26.6. The van der Waals surface area contributed by atoms with Gasteiger partial charge in [-0.1, -0.05) is 172 Å². The van der Waals surface area contributed by atoms with E-state index >= 15 is 0 Å². The highest BCUT2D eigenvalue weighted by Gasteiger charge is 2.25. The van der Waals surface area contributed by atoms with Gasteiger partial charge in [0.25, 0.3) is 0 Å². The van der Waals surface area contributed by atoms with Crippen molar-refractivity contribution >= 4 is 17.9 Å². The maximum atomic E-state index is 12.7. The van der Waals surface area contributed by atoms with E-state index in [0.29, 0.717) is 12.8 Å². The zero-order valence-electron chi connectivity index (χ0n) is 36.3. The number of hydrogen-bond acceptors (Lipinski definition) is 7. The minimum Gasteiger partial charge on any atom is -0.544 e. The number of allylic oxidation sites excluding steroid dienone is 6. The Labute approximate surface area is 338 Å². The zero-order chi connectivity index (χ0) is 40.7. The molecule has 0 saturated carbocycles. The third-order valence-corrected chi connectivity index (χ3v) is 10.1. The van der Waals surface area contributed by atoms with Crippen molar-refractivity contribution in [3.8, 4) is 0 Å². The van der Waals surface area contributed by atoms with E-state index in [4.69, 9.17) is 14.2 Å². The number of carbonyl (C=O) groups excluding carboxylic acids is 3. The van der Waals surface area contributed by atoms with Crippen LogP contribution in [0.2, 0.25) is 0 Å². The van der Waals surface area contributed by atoms with Crippen LogP contribution in [0.3, 0.4) is 0 Å². The average Bonchev–Trinajstić information content (AvgIpc) is 3.14. The summed E-state index contributed by atoms with van der Waals surface area (Å²) in [6.07, 6.45) is 43.0. The van der Waals surface area contributed by atoms with Gasteiger partial charge in [-0.2, -0.15) is 0 Å². The molecule has 0 aliphatic carbocycles. The molecular weight excluding hydrogens is 691 g/mol. The molecule has 0 aromatic rings. The molecule has 0 fully saturated rings. The Morgan fingerprint density at radius 2 is 0.964 bits per heavy atom. The lowest BCUT2D eigenvalue weighted by atomic mass is 10.0. The minimum atomic E-state index is -1.13. The number of unbranched alkanes of at least 4 members (excludes halogenated alkanes) is 22. The summed E-state index contributed by atoms with van der Waals surface area (Å²) in [5.74, 6) is -1.75. The molecule has 0 radical (unpaired) electrons. The summed E-state index contributed by atoms with van der Waals surface area (Å²) in [5.41, 5.74) is 0. The van der Waals surface area contributed by atoms with Gasteiger partial charge in [-0.15, -0.1) is 0 Å². The van der Waals surface area contributed by atoms with E-state index in [1.54, 1.807) is 21.1 Å². The van der Waals surface area contributed by atoms with Crippen LogP contribution in [0.25, 0.3) is 0 Å². The largest absolute Gasteiger partial charge is 0.544 e. The molecule has 0 N–H and O–H groups in total. The van der Waals surface area contributed by atoms with Crippen LogP contribution in [0, 0.1) is 0 Å². The van der Waals surface area contributed by atoms with Crippen molar-refractivity contribution in [3.63, 3.8) is 0 Å². The van der Waals surface area contributed by atoms with E-state index in [-0.39, 0.29) is 42.7 Å². The molecule has 0 bridgehead atoms. The zero-order valence-corrected chi connectivity index (χ0v) is 36.3. The van der Waals surface area contributed by atoms with Gasteiger partial charge in [-0.05, 0) is 38.5 Å². The summed E-state index contributed by atoms with van der Waals surface area (Å²) in [4.78, 5) is 36.8. The van der Waals surface area contributed by atoms with Crippen molar-refractivity contribution in [2.75, 3.05) is 41.0 Å². The third kappa shape index (κ3) is 36.9. The molecule has 0 spiro atoms. The molecule has 8 heteroatoms. The van der Waals surface area contributed by atoms with Crippen LogP contribution >= 0.6 is 0 Å². The molecule has 0 aliphatic heterocycles. The summed E-state index contributed by atoms with van der Waals surface area (Å²) < 4.78 is 17.2. The van der Waals surface area contributed by atoms with Gasteiger partial charge in [0.05, 0.1) is 40.3 Å². The van der Waals surface area contributed by atoms with Crippen molar-refractivity contribution < 1.29 is 38.2 Å². The number of esters is 2. The number of aliphatic carboxylic acids is 1. The maximum absolute atomic E-state index is 12.7. The highest BCUT2D eigenvalue weighted by Crippen LogP contribution is 2.15. The number of rotatable bonds is 40. The predicted octanol–water partition coefficient (Wildman–Crippen LogP) is 10.9. The summed E-state index contributed by atoms with van der Waals surface area (Å²) in [5, 5.41) is 11.6.